The fraction of sp³-hybridized carbons (Fsp3) is 0.571. The maximum Gasteiger partial charge on any atom is 0.0750 e. The van der Waals surface area contributed by atoms with Crippen LogP contribution in [0.15, 0.2) is 18.2 Å². The number of aryl methyl sites for hydroxylation is 1. The van der Waals surface area contributed by atoms with Crippen molar-refractivity contribution >= 4 is 5.69 Å². The first-order valence-electron chi connectivity index (χ1n) is 6.24. The zero-order valence-corrected chi connectivity index (χ0v) is 10.6. The zero-order chi connectivity index (χ0) is 12.3. The van der Waals surface area contributed by atoms with E-state index in [1.165, 1.54) is 12.1 Å². The number of likely N-dealkylation sites (N-methyl/N-ethyl adjacent to an activating group) is 1. The topological polar surface area (TPSA) is 32.7 Å². The fourth-order valence-electron chi connectivity index (χ4n) is 2.29. The van der Waals surface area contributed by atoms with Crippen molar-refractivity contribution in [3.8, 4) is 0 Å². The maximum absolute atomic E-state index is 9.14. The molecule has 1 aromatic carbocycles. The molecule has 1 aromatic rings. The minimum absolute atomic E-state index is 0.113. The second-order valence-corrected chi connectivity index (χ2v) is 4.78. The first-order chi connectivity index (χ1) is 8.20. The van der Waals surface area contributed by atoms with Crippen molar-refractivity contribution in [3.63, 3.8) is 0 Å². The Morgan fingerprint density at radius 1 is 1.47 bits per heavy atom. The average molecular weight is 235 g/mol. The van der Waals surface area contributed by atoms with E-state index in [4.69, 9.17) is 9.84 Å². The highest BCUT2D eigenvalue weighted by Gasteiger charge is 2.17. The number of nitrogens with zero attached hydrogens (tertiary/aromatic N) is 1. The number of hydrogen-bond donors (Lipinski definition) is 1. The Morgan fingerprint density at radius 2 is 2.29 bits per heavy atom. The maximum atomic E-state index is 9.14. The predicted molar refractivity (Wildman–Crippen MR) is 69.3 cm³/mol. The van der Waals surface area contributed by atoms with Gasteiger partial charge in [-0.2, -0.15) is 0 Å². The lowest BCUT2D eigenvalue weighted by Gasteiger charge is -2.23. The van der Waals surface area contributed by atoms with Crippen LogP contribution in [0.4, 0.5) is 5.69 Å². The van der Waals surface area contributed by atoms with Crippen LogP contribution in [0.2, 0.25) is 0 Å². The van der Waals surface area contributed by atoms with Crippen molar-refractivity contribution in [2.75, 3.05) is 25.1 Å². The fourth-order valence-corrected chi connectivity index (χ4v) is 2.29. The second-order valence-electron chi connectivity index (χ2n) is 4.78. The molecule has 0 bridgehead atoms. The number of hydrogen-bond acceptors (Lipinski definition) is 3. The van der Waals surface area contributed by atoms with E-state index in [2.05, 4.69) is 24.1 Å². The number of benzene rings is 1. The van der Waals surface area contributed by atoms with E-state index in [0.717, 1.165) is 30.7 Å². The molecule has 17 heavy (non-hydrogen) atoms. The Balaban J connectivity index is 2.02. The summed E-state index contributed by atoms with van der Waals surface area (Å²) in [4.78, 5) is 2.23. The van der Waals surface area contributed by atoms with Crippen LogP contribution >= 0.6 is 0 Å². The molecule has 1 N–H and O–H groups in total. The first-order valence-corrected chi connectivity index (χ1v) is 6.24. The van der Waals surface area contributed by atoms with Crippen molar-refractivity contribution in [1.29, 1.82) is 0 Å². The van der Waals surface area contributed by atoms with Crippen molar-refractivity contribution in [3.05, 3.63) is 29.3 Å². The summed E-state index contributed by atoms with van der Waals surface area (Å²) in [6, 6.07) is 6.19. The smallest absolute Gasteiger partial charge is 0.0750 e. The van der Waals surface area contributed by atoms with Crippen LogP contribution in [0.5, 0.6) is 0 Å². The van der Waals surface area contributed by atoms with Gasteiger partial charge in [0.2, 0.25) is 0 Å². The van der Waals surface area contributed by atoms with Gasteiger partial charge < -0.3 is 14.7 Å². The van der Waals surface area contributed by atoms with Crippen molar-refractivity contribution in [1.82, 2.24) is 0 Å². The summed E-state index contributed by atoms with van der Waals surface area (Å²) in [6.07, 6.45) is 2.72. The molecule has 1 fully saturated rings. The third kappa shape index (κ3) is 2.99. The van der Waals surface area contributed by atoms with Gasteiger partial charge >= 0.3 is 0 Å². The van der Waals surface area contributed by atoms with E-state index in [1.54, 1.807) is 0 Å². The molecular formula is C14H21NO2. The van der Waals surface area contributed by atoms with Gasteiger partial charge in [0.1, 0.15) is 0 Å². The molecule has 0 saturated carbocycles. The third-order valence-electron chi connectivity index (χ3n) is 3.44. The van der Waals surface area contributed by atoms with Crippen LogP contribution in [0.25, 0.3) is 0 Å². The van der Waals surface area contributed by atoms with Crippen LogP contribution < -0.4 is 4.90 Å². The highest BCUT2D eigenvalue weighted by atomic mass is 16.5. The van der Waals surface area contributed by atoms with Crippen LogP contribution in [0.3, 0.4) is 0 Å². The third-order valence-corrected chi connectivity index (χ3v) is 3.44. The van der Waals surface area contributed by atoms with Crippen molar-refractivity contribution < 1.29 is 9.84 Å². The molecule has 0 radical (unpaired) electrons. The summed E-state index contributed by atoms with van der Waals surface area (Å²) < 4.78 is 5.64. The van der Waals surface area contributed by atoms with Crippen LogP contribution in [0, 0.1) is 6.92 Å². The highest BCUT2D eigenvalue weighted by Crippen LogP contribution is 2.21. The van der Waals surface area contributed by atoms with Gasteiger partial charge in [0, 0.05) is 25.9 Å². The lowest BCUT2D eigenvalue weighted by molar-refractivity contribution is 0.116. The summed E-state index contributed by atoms with van der Waals surface area (Å²) in [5, 5.41) is 9.14. The first kappa shape index (κ1) is 12.4. The normalized spacial score (nSPS) is 19.6. The van der Waals surface area contributed by atoms with Gasteiger partial charge in [-0.15, -0.1) is 0 Å². The van der Waals surface area contributed by atoms with E-state index in [1.807, 2.05) is 13.0 Å². The quantitative estimate of drug-likeness (QED) is 0.867. The van der Waals surface area contributed by atoms with Crippen LogP contribution in [-0.4, -0.2) is 31.4 Å². The molecule has 0 aromatic heterocycles. The van der Waals surface area contributed by atoms with Crippen LogP contribution in [-0.2, 0) is 11.3 Å². The largest absolute Gasteiger partial charge is 0.392 e. The zero-order valence-electron chi connectivity index (χ0n) is 10.6. The SMILES string of the molecule is Cc1cc(N(C)CC2CCCO2)ccc1CO. The van der Waals surface area contributed by atoms with Crippen LogP contribution in [0.1, 0.15) is 24.0 Å². The molecule has 1 saturated heterocycles. The predicted octanol–water partition coefficient (Wildman–Crippen LogP) is 2.10. The van der Waals surface area contributed by atoms with Gasteiger partial charge in [0.15, 0.2) is 0 Å². The Kier molecular flexibility index (Phi) is 4.02. The summed E-state index contributed by atoms with van der Waals surface area (Å²) >= 11 is 0. The number of anilines is 1. The molecule has 1 unspecified atom stereocenters. The van der Waals surface area contributed by atoms with E-state index in [0.29, 0.717) is 6.10 Å². The second kappa shape index (κ2) is 5.52. The van der Waals surface area contributed by atoms with E-state index in [-0.39, 0.29) is 6.61 Å². The molecule has 2 rings (SSSR count). The van der Waals surface area contributed by atoms with Gasteiger partial charge in [-0.25, -0.2) is 0 Å². The average Bonchev–Trinajstić information content (AvgIpc) is 2.81. The Labute approximate surface area is 103 Å². The summed E-state index contributed by atoms with van der Waals surface area (Å²) in [5.74, 6) is 0. The van der Waals surface area contributed by atoms with Gasteiger partial charge in [0.25, 0.3) is 0 Å². The monoisotopic (exact) mass is 235 g/mol. The minimum Gasteiger partial charge on any atom is -0.392 e. The van der Waals surface area contributed by atoms with E-state index < -0.39 is 0 Å². The highest BCUT2D eigenvalue weighted by molar-refractivity contribution is 5.50. The molecule has 0 aliphatic carbocycles. The molecule has 1 heterocycles. The van der Waals surface area contributed by atoms with E-state index in [9.17, 15) is 0 Å². The van der Waals surface area contributed by atoms with Crippen molar-refractivity contribution in [2.24, 2.45) is 0 Å². The van der Waals surface area contributed by atoms with Gasteiger partial charge in [-0.1, -0.05) is 6.07 Å². The summed E-state index contributed by atoms with van der Waals surface area (Å²) in [7, 11) is 2.09. The lowest BCUT2D eigenvalue weighted by atomic mass is 10.1. The van der Waals surface area contributed by atoms with E-state index >= 15 is 0 Å². The molecule has 3 nitrogen and oxygen atoms in total. The summed E-state index contributed by atoms with van der Waals surface area (Å²) in [6.45, 7) is 4.00. The number of rotatable bonds is 4. The van der Waals surface area contributed by atoms with Gasteiger partial charge in [-0.3, -0.25) is 0 Å². The van der Waals surface area contributed by atoms with Crippen molar-refractivity contribution in [2.45, 2.75) is 32.5 Å². The molecule has 0 spiro atoms. The summed E-state index contributed by atoms with van der Waals surface area (Å²) in [5.41, 5.74) is 3.33. The number of aliphatic hydroxyl groups excluding tert-OH is 1. The standard InChI is InChI=1S/C14H21NO2/c1-11-8-13(6-5-12(11)10-16)15(2)9-14-4-3-7-17-14/h5-6,8,14,16H,3-4,7,9-10H2,1-2H3. The molecule has 0 amide bonds. The Hall–Kier alpha value is -1.06. The lowest BCUT2D eigenvalue weighted by Crippen LogP contribution is -2.28. The molecule has 1 aliphatic heterocycles. The van der Waals surface area contributed by atoms with Gasteiger partial charge in [0.05, 0.1) is 12.7 Å². The van der Waals surface area contributed by atoms with Gasteiger partial charge in [-0.05, 0) is 43.0 Å². The molecule has 94 valence electrons. The number of aliphatic hydroxyl groups is 1. The molecular weight excluding hydrogens is 214 g/mol. The molecule has 1 atom stereocenters. The minimum atomic E-state index is 0.113. The molecule has 3 heteroatoms. The molecule has 1 aliphatic rings. The Morgan fingerprint density at radius 3 is 2.88 bits per heavy atom. The Bertz CT molecular complexity index is 372. The number of ether oxygens (including phenoxy) is 1.